The summed E-state index contributed by atoms with van der Waals surface area (Å²) in [5.41, 5.74) is 0.357. The molecule has 1 aromatic rings. The summed E-state index contributed by atoms with van der Waals surface area (Å²) in [6.07, 6.45) is 0.532. The molecule has 5 heteroatoms. The van der Waals surface area contributed by atoms with Crippen LogP contribution in [0.3, 0.4) is 0 Å². The molecule has 0 fully saturated rings. The minimum atomic E-state index is -1.41. The van der Waals surface area contributed by atoms with Gasteiger partial charge in [-0.1, -0.05) is 6.07 Å². The summed E-state index contributed by atoms with van der Waals surface area (Å²) < 4.78 is 1.42. The van der Waals surface area contributed by atoms with E-state index in [0.29, 0.717) is 5.56 Å². The Morgan fingerprint density at radius 1 is 1.60 bits per heavy atom. The third kappa shape index (κ3) is 2.92. The summed E-state index contributed by atoms with van der Waals surface area (Å²) >= 11 is 0. The SMILES string of the molecule is Cn1cccc(CCC(O)C(=O)O)c1=O. The summed E-state index contributed by atoms with van der Waals surface area (Å²) in [4.78, 5) is 21.8. The van der Waals surface area contributed by atoms with E-state index in [-0.39, 0.29) is 18.4 Å². The van der Waals surface area contributed by atoms with Crippen LogP contribution in [0.4, 0.5) is 0 Å². The lowest BCUT2D eigenvalue weighted by molar-refractivity contribution is -0.146. The molecule has 1 atom stereocenters. The highest BCUT2D eigenvalue weighted by Gasteiger charge is 2.13. The van der Waals surface area contributed by atoms with Crippen LogP contribution >= 0.6 is 0 Å². The van der Waals surface area contributed by atoms with Crippen LogP contribution < -0.4 is 5.56 Å². The van der Waals surface area contributed by atoms with E-state index in [1.54, 1.807) is 25.4 Å². The highest BCUT2D eigenvalue weighted by atomic mass is 16.4. The number of hydrogen-bond acceptors (Lipinski definition) is 3. The standard InChI is InChI=1S/C10H13NO4/c1-11-6-2-3-7(9(11)13)4-5-8(12)10(14)15/h2-3,6,8,12H,4-5H2,1H3,(H,14,15). The first-order valence-electron chi connectivity index (χ1n) is 4.57. The fourth-order valence-electron chi connectivity index (χ4n) is 1.26. The van der Waals surface area contributed by atoms with Gasteiger partial charge in [0.2, 0.25) is 0 Å². The van der Waals surface area contributed by atoms with Crippen molar-refractivity contribution in [1.82, 2.24) is 4.57 Å². The lowest BCUT2D eigenvalue weighted by Gasteiger charge is -2.05. The normalized spacial score (nSPS) is 12.4. The first-order valence-corrected chi connectivity index (χ1v) is 4.57. The second-order valence-corrected chi connectivity index (χ2v) is 3.34. The number of hydrogen-bond donors (Lipinski definition) is 2. The molecule has 15 heavy (non-hydrogen) atoms. The molecule has 0 aliphatic rings. The Balaban J connectivity index is 2.70. The molecule has 0 radical (unpaired) electrons. The quantitative estimate of drug-likeness (QED) is 0.720. The van der Waals surface area contributed by atoms with Crippen molar-refractivity contribution in [2.75, 3.05) is 0 Å². The number of rotatable bonds is 4. The van der Waals surface area contributed by atoms with Crippen LogP contribution in [0, 0.1) is 0 Å². The lowest BCUT2D eigenvalue weighted by Crippen LogP contribution is -2.24. The Hall–Kier alpha value is -1.62. The molecule has 0 amide bonds. The molecule has 1 rings (SSSR count). The van der Waals surface area contributed by atoms with E-state index >= 15 is 0 Å². The Morgan fingerprint density at radius 2 is 2.27 bits per heavy atom. The van der Waals surface area contributed by atoms with E-state index in [1.807, 2.05) is 0 Å². The van der Waals surface area contributed by atoms with Gasteiger partial charge in [-0.25, -0.2) is 4.79 Å². The van der Waals surface area contributed by atoms with E-state index in [4.69, 9.17) is 10.2 Å². The molecule has 5 nitrogen and oxygen atoms in total. The van der Waals surface area contributed by atoms with Gasteiger partial charge in [0.05, 0.1) is 0 Å². The van der Waals surface area contributed by atoms with E-state index in [2.05, 4.69) is 0 Å². The second kappa shape index (κ2) is 4.75. The van der Waals surface area contributed by atoms with Crippen LogP contribution in [0.15, 0.2) is 23.1 Å². The van der Waals surface area contributed by atoms with Crippen LogP contribution in [-0.4, -0.2) is 26.9 Å². The first-order chi connectivity index (χ1) is 7.02. The number of aryl methyl sites for hydroxylation is 2. The fourth-order valence-corrected chi connectivity index (χ4v) is 1.26. The fraction of sp³-hybridized carbons (Fsp3) is 0.400. The molecular formula is C10H13NO4. The number of pyridine rings is 1. The molecule has 0 aliphatic carbocycles. The zero-order chi connectivity index (χ0) is 11.4. The van der Waals surface area contributed by atoms with Gasteiger partial charge in [-0.15, -0.1) is 0 Å². The van der Waals surface area contributed by atoms with Gasteiger partial charge in [-0.3, -0.25) is 4.79 Å². The molecular weight excluding hydrogens is 198 g/mol. The summed E-state index contributed by atoms with van der Waals surface area (Å²) in [5.74, 6) is -1.26. The average Bonchev–Trinajstić information content (AvgIpc) is 2.19. The second-order valence-electron chi connectivity index (χ2n) is 3.34. The number of carboxylic acid groups (broad SMARTS) is 1. The molecule has 0 saturated carbocycles. The van der Waals surface area contributed by atoms with Crippen molar-refractivity contribution >= 4 is 5.97 Å². The van der Waals surface area contributed by atoms with Crippen LogP contribution in [0.2, 0.25) is 0 Å². The molecule has 1 heterocycles. The van der Waals surface area contributed by atoms with Crippen molar-refractivity contribution in [3.63, 3.8) is 0 Å². The van der Waals surface area contributed by atoms with Gasteiger partial charge in [0.25, 0.3) is 5.56 Å². The van der Waals surface area contributed by atoms with Crippen LogP contribution in [0.1, 0.15) is 12.0 Å². The van der Waals surface area contributed by atoms with Crippen molar-refractivity contribution in [1.29, 1.82) is 0 Å². The molecule has 0 spiro atoms. The predicted molar refractivity (Wildman–Crippen MR) is 53.6 cm³/mol. The van der Waals surface area contributed by atoms with Gasteiger partial charge >= 0.3 is 5.97 Å². The van der Waals surface area contributed by atoms with Gasteiger partial charge in [-0.05, 0) is 18.9 Å². The molecule has 82 valence electrons. The largest absolute Gasteiger partial charge is 0.479 e. The molecule has 2 N–H and O–H groups in total. The lowest BCUT2D eigenvalue weighted by atomic mass is 10.1. The minimum absolute atomic E-state index is 0.0502. The van der Waals surface area contributed by atoms with Crippen molar-refractivity contribution in [2.24, 2.45) is 7.05 Å². The number of nitrogens with zero attached hydrogens (tertiary/aromatic N) is 1. The highest BCUT2D eigenvalue weighted by Crippen LogP contribution is 2.00. The van der Waals surface area contributed by atoms with Crippen molar-refractivity contribution in [2.45, 2.75) is 18.9 Å². The number of aliphatic hydroxyl groups is 1. The first kappa shape index (κ1) is 11.5. The highest BCUT2D eigenvalue weighted by molar-refractivity contribution is 5.71. The molecule has 1 unspecified atom stereocenters. The third-order valence-corrected chi connectivity index (χ3v) is 2.17. The zero-order valence-corrected chi connectivity index (χ0v) is 8.38. The maximum absolute atomic E-state index is 11.5. The van der Waals surface area contributed by atoms with Crippen molar-refractivity contribution < 1.29 is 15.0 Å². The molecule has 1 aromatic heterocycles. The van der Waals surface area contributed by atoms with Gasteiger partial charge in [0, 0.05) is 18.8 Å². The molecule has 0 aliphatic heterocycles. The van der Waals surface area contributed by atoms with E-state index in [9.17, 15) is 9.59 Å². The minimum Gasteiger partial charge on any atom is -0.479 e. The monoisotopic (exact) mass is 211 g/mol. The summed E-state index contributed by atoms with van der Waals surface area (Å²) in [7, 11) is 1.62. The number of aliphatic hydroxyl groups excluding tert-OH is 1. The number of aromatic nitrogens is 1. The summed E-state index contributed by atoms with van der Waals surface area (Å²) in [6, 6.07) is 3.35. The number of carbonyl (C=O) groups is 1. The van der Waals surface area contributed by atoms with E-state index in [1.165, 1.54) is 4.57 Å². The molecule has 0 saturated heterocycles. The van der Waals surface area contributed by atoms with E-state index in [0.717, 1.165) is 0 Å². The molecule has 0 aromatic carbocycles. The Labute approximate surface area is 86.6 Å². The maximum Gasteiger partial charge on any atom is 0.332 e. The van der Waals surface area contributed by atoms with Crippen LogP contribution in [0.25, 0.3) is 0 Å². The van der Waals surface area contributed by atoms with E-state index < -0.39 is 12.1 Å². The van der Waals surface area contributed by atoms with Crippen molar-refractivity contribution in [3.05, 3.63) is 34.2 Å². The third-order valence-electron chi connectivity index (χ3n) is 2.17. The average molecular weight is 211 g/mol. The summed E-state index contributed by atoms with van der Waals surface area (Å²) in [5, 5.41) is 17.5. The Bertz CT molecular complexity index is 410. The van der Waals surface area contributed by atoms with Crippen molar-refractivity contribution in [3.8, 4) is 0 Å². The smallest absolute Gasteiger partial charge is 0.332 e. The summed E-state index contributed by atoms with van der Waals surface area (Å²) in [6.45, 7) is 0. The number of carboxylic acids is 1. The van der Waals surface area contributed by atoms with Gasteiger partial charge in [0.1, 0.15) is 0 Å². The van der Waals surface area contributed by atoms with Gasteiger partial charge in [0.15, 0.2) is 6.10 Å². The van der Waals surface area contributed by atoms with Gasteiger partial charge in [-0.2, -0.15) is 0 Å². The Morgan fingerprint density at radius 3 is 2.87 bits per heavy atom. The number of aliphatic carboxylic acids is 1. The topological polar surface area (TPSA) is 79.5 Å². The maximum atomic E-state index is 11.5. The predicted octanol–water partition coefficient (Wildman–Crippen LogP) is -0.237. The van der Waals surface area contributed by atoms with Gasteiger partial charge < -0.3 is 14.8 Å². The Kier molecular flexibility index (Phi) is 3.62. The van der Waals surface area contributed by atoms with Crippen LogP contribution in [-0.2, 0) is 18.3 Å². The van der Waals surface area contributed by atoms with Crippen LogP contribution in [0.5, 0.6) is 0 Å². The zero-order valence-electron chi connectivity index (χ0n) is 8.38. The molecule has 0 bridgehead atoms.